The van der Waals surface area contributed by atoms with E-state index in [0.717, 1.165) is 33.6 Å². The lowest BCUT2D eigenvalue weighted by atomic mass is 10.1. The standard InChI is InChI=1S/C30H24N2/c1-3-9-25(10-4-1)13-7-23-31-29-19-15-27(16-20-29)28-17-21-30(22-18-28)32-24-8-14-26-11-5-2-6-12-26/h1-24H. The maximum Gasteiger partial charge on any atom is 0.0630 e. The van der Waals surface area contributed by atoms with Crippen molar-refractivity contribution in [1.82, 2.24) is 0 Å². The lowest BCUT2D eigenvalue weighted by Gasteiger charge is -2.02. The molecule has 0 saturated heterocycles. The summed E-state index contributed by atoms with van der Waals surface area (Å²) < 4.78 is 0. The summed E-state index contributed by atoms with van der Waals surface area (Å²) in [7, 11) is 0. The molecule has 0 amide bonds. The normalized spacial score (nSPS) is 11.9. The van der Waals surface area contributed by atoms with Crippen LogP contribution in [0.3, 0.4) is 0 Å². The minimum atomic E-state index is 0.929. The topological polar surface area (TPSA) is 24.7 Å². The van der Waals surface area contributed by atoms with Crippen molar-refractivity contribution in [2.75, 3.05) is 0 Å². The second-order valence-corrected chi connectivity index (χ2v) is 7.19. The third kappa shape index (κ3) is 6.35. The predicted molar refractivity (Wildman–Crippen MR) is 139 cm³/mol. The Labute approximate surface area is 189 Å². The molecule has 0 N–H and O–H groups in total. The van der Waals surface area contributed by atoms with Crippen LogP contribution < -0.4 is 0 Å². The molecule has 0 bridgehead atoms. The van der Waals surface area contributed by atoms with E-state index in [1.165, 1.54) is 0 Å². The molecule has 0 aliphatic heterocycles. The van der Waals surface area contributed by atoms with Gasteiger partial charge in [0.05, 0.1) is 11.4 Å². The van der Waals surface area contributed by atoms with Crippen molar-refractivity contribution in [2.45, 2.75) is 0 Å². The Morgan fingerprint density at radius 2 is 0.781 bits per heavy atom. The predicted octanol–water partition coefficient (Wildman–Crippen LogP) is 8.19. The average molecular weight is 413 g/mol. The highest BCUT2D eigenvalue weighted by Gasteiger charge is 1.98. The van der Waals surface area contributed by atoms with E-state index in [1.54, 1.807) is 0 Å². The Kier molecular flexibility index (Phi) is 7.33. The van der Waals surface area contributed by atoms with Crippen LogP contribution in [0.4, 0.5) is 11.4 Å². The molecule has 0 fully saturated rings. The van der Waals surface area contributed by atoms with Gasteiger partial charge < -0.3 is 0 Å². The molecule has 0 saturated carbocycles. The fraction of sp³-hybridized carbons (Fsp3) is 0. The van der Waals surface area contributed by atoms with Crippen molar-refractivity contribution in [2.24, 2.45) is 9.98 Å². The highest BCUT2D eigenvalue weighted by atomic mass is 14.7. The molecule has 2 heteroatoms. The van der Waals surface area contributed by atoms with Crippen LogP contribution >= 0.6 is 0 Å². The van der Waals surface area contributed by atoms with Crippen LogP contribution in [0.25, 0.3) is 23.3 Å². The molecule has 0 aliphatic rings. The molecule has 32 heavy (non-hydrogen) atoms. The largest absolute Gasteiger partial charge is 0.257 e. The van der Waals surface area contributed by atoms with E-state index < -0.39 is 0 Å². The fourth-order valence-electron chi connectivity index (χ4n) is 3.17. The quantitative estimate of drug-likeness (QED) is 0.273. The third-order valence-corrected chi connectivity index (χ3v) is 4.86. The maximum absolute atomic E-state index is 4.50. The Morgan fingerprint density at radius 1 is 0.406 bits per heavy atom. The summed E-state index contributed by atoms with van der Waals surface area (Å²) in [6.07, 6.45) is 11.6. The van der Waals surface area contributed by atoms with Crippen molar-refractivity contribution in [3.63, 3.8) is 0 Å². The molecule has 0 aromatic heterocycles. The Hall–Kier alpha value is -4.30. The smallest absolute Gasteiger partial charge is 0.0630 e. The molecule has 0 unspecified atom stereocenters. The molecular weight excluding hydrogens is 388 g/mol. The lowest BCUT2D eigenvalue weighted by Crippen LogP contribution is -1.77. The van der Waals surface area contributed by atoms with E-state index in [2.05, 4.69) is 58.5 Å². The van der Waals surface area contributed by atoms with Crippen molar-refractivity contribution in [3.8, 4) is 11.1 Å². The molecule has 2 nitrogen and oxygen atoms in total. The minimum absolute atomic E-state index is 0.929. The van der Waals surface area contributed by atoms with Gasteiger partial charge in [-0.25, -0.2) is 0 Å². The summed E-state index contributed by atoms with van der Waals surface area (Å²) >= 11 is 0. The van der Waals surface area contributed by atoms with Crippen molar-refractivity contribution < 1.29 is 0 Å². The second-order valence-electron chi connectivity index (χ2n) is 7.19. The summed E-state index contributed by atoms with van der Waals surface area (Å²) in [4.78, 5) is 8.99. The number of hydrogen-bond donors (Lipinski definition) is 0. The molecule has 0 radical (unpaired) electrons. The molecule has 4 rings (SSSR count). The van der Waals surface area contributed by atoms with E-state index in [9.17, 15) is 0 Å². The zero-order valence-corrected chi connectivity index (χ0v) is 17.8. The van der Waals surface area contributed by atoms with Gasteiger partial charge in [0, 0.05) is 12.4 Å². The number of benzene rings is 4. The minimum Gasteiger partial charge on any atom is -0.257 e. The SMILES string of the molecule is C(=Cc1ccccc1)C=Nc1ccc(-c2ccc(N=CC=Cc3ccccc3)cc2)cc1. The van der Waals surface area contributed by atoms with Gasteiger partial charge in [-0.05, 0) is 58.7 Å². The average Bonchev–Trinajstić information content (AvgIpc) is 2.87. The number of nitrogens with zero attached hydrogens (tertiary/aromatic N) is 2. The highest BCUT2D eigenvalue weighted by Crippen LogP contribution is 2.24. The van der Waals surface area contributed by atoms with Crippen LogP contribution in [0, 0.1) is 0 Å². The van der Waals surface area contributed by atoms with Gasteiger partial charge in [-0.1, -0.05) is 97.1 Å². The first-order chi connectivity index (χ1) is 15.9. The van der Waals surface area contributed by atoms with E-state index in [1.807, 2.05) is 97.4 Å². The Balaban J connectivity index is 1.33. The van der Waals surface area contributed by atoms with E-state index >= 15 is 0 Å². The third-order valence-electron chi connectivity index (χ3n) is 4.86. The van der Waals surface area contributed by atoms with Crippen LogP contribution in [0.5, 0.6) is 0 Å². The van der Waals surface area contributed by atoms with Crippen LogP contribution in [0.2, 0.25) is 0 Å². The zero-order valence-electron chi connectivity index (χ0n) is 17.8. The van der Waals surface area contributed by atoms with Crippen LogP contribution in [-0.2, 0) is 0 Å². The van der Waals surface area contributed by atoms with Crippen LogP contribution in [0.1, 0.15) is 11.1 Å². The molecular formula is C30H24N2. The highest BCUT2D eigenvalue weighted by molar-refractivity contribution is 5.81. The van der Waals surface area contributed by atoms with Crippen LogP contribution in [-0.4, -0.2) is 12.4 Å². The molecule has 4 aromatic rings. The number of allylic oxidation sites excluding steroid dienone is 2. The first-order valence-electron chi connectivity index (χ1n) is 10.6. The maximum atomic E-state index is 4.50. The Morgan fingerprint density at radius 3 is 1.16 bits per heavy atom. The number of hydrogen-bond acceptors (Lipinski definition) is 2. The van der Waals surface area contributed by atoms with Gasteiger partial charge in [0.1, 0.15) is 0 Å². The molecule has 0 atom stereocenters. The van der Waals surface area contributed by atoms with E-state index in [-0.39, 0.29) is 0 Å². The van der Waals surface area contributed by atoms with Gasteiger partial charge in [0.25, 0.3) is 0 Å². The van der Waals surface area contributed by atoms with Gasteiger partial charge in [0.2, 0.25) is 0 Å². The van der Waals surface area contributed by atoms with Gasteiger partial charge in [-0.2, -0.15) is 0 Å². The van der Waals surface area contributed by atoms with Gasteiger partial charge in [-0.15, -0.1) is 0 Å². The monoisotopic (exact) mass is 412 g/mol. The first kappa shape index (κ1) is 21.0. The first-order valence-corrected chi connectivity index (χ1v) is 10.6. The van der Waals surface area contributed by atoms with Crippen LogP contribution in [0.15, 0.2) is 131 Å². The van der Waals surface area contributed by atoms with Crippen molar-refractivity contribution in [3.05, 3.63) is 132 Å². The summed E-state index contributed by atoms with van der Waals surface area (Å²) in [5, 5.41) is 0. The summed E-state index contributed by atoms with van der Waals surface area (Å²) in [6, 6.07) is 36.9. The number of rotatable bonds is 7. The molecule has 0 aliphatic carbocycles. The molecule has 0 spiro atoms. The summed E-state index contributed by atoms with van der Waals surface area (Å²) in [6.45, 7) is 0. The van der Waals surface area contributed by atoms with Gasteiger partial charge in [0.15, 0.2) is 0 Å². The zero-order chi connectivity index (χ0) is 21.8. The van der Waals surface area contributed by atoms with E-state index in [4.69, 9.17) is 0 Å². The molecule has 0 heterocycles. The molecule has 4 aromatic carbocycles. The number of aliphatic imine (C=N–C) groups is 2. The fourth-order valence-corrected chi connectivity index (χ4v) is 3.17. The molecule has 154 valence electrons. The van der Waals surface area contributed by atoms with Gasteiger partial charge in [-0.3, -0.25) is 9.98 Å². The second kappa shape index (κ2) is 11.2. The summed E-state index contributed by atoms with van der Waals surface area (Å²) in [5.74, 6) is 0. The van der Waals surface area contributed by atoms with Crippen molar-refractivity contribution in [1.29, 1.82) is 0 Å². The van der Waals surface area contributed by atoms with E-state index in [0.29, 0.717) is 0 Å². The summed E-state index contributed by atoms with van der Waals surface area (Å²) in [5.41, 5.74) is 6.49. The van der Waals surface area contributed by atoms with Crippen molar-refractivity contribution >= 4 is 36.0 Å². The Bertz CT molecular complexity index is 1110. The van der Waals surface area contributed by atoms with Gasteiger partial charge >= 0.3 is 0 Å². The lowest BCUT2D eigenvalue weighted by molar-refractivity contribution is 1.51.